The third-order valence-corrected chi connectivity index (χ3v) is 15.0. The Morgan fingerprint density at radius 1 is 0.867 bits per heavy atom. The number of nitrogens with zero attached hydrogens (tertiary/aromatic N) is 1. The van der Waals surface area contributed by atoms with Gasteiger partial charge in [-0.3, -0.25) is 4.90 Å². The van der Waals surface area contributed by atoms with Crippen LogP contribution in [0.25, 0.3) is 0 Å². The van der Waals surface area contributed by atoms with E-state index >= 15 is 0 Å². The zero-order chi connectivity index (χ0) is 32.9. The molecule has 0 aromatic heterocycles. The van der Waals surface area contributed by atoms with Gasteiger partial charge in [-0.05, 0) is 47.0 Å². The van der Waals surface area contributed by atoms with Gasteiger partial charge in [0.05, 0.1) is 11.6 Å². The van der Waals surface area contributed by atoms with Gasteiger partial charge in [-0.25, -0.2) is 9.59 Å². The van der Waals surface area contributed by atoms with Crippen LogP contribution in [0.4, 0.5) is 9.59 Å². The monoisotopic (exact) mass is 637 g/mol. The fourth-order valence-electron chi connectivity index (χ4n) is 6.92. The highest BCUT2D eigenvalue weighted by molar-refractivity contribution is 6.77. The van der Waals surface area contributed by atoms with E-state index in [-0.39, 0.29) is 26.2 Å². The van der Waals surface area contributed by atoms with Gasteiger partial charge in [0.1, 0.15) is 26.1 Å². The third kappa shape index (κ3) is 9.53. The molecular weight excluding hydrogens is 586 g/mol. The van der Waals surface area contributed by atoms with Crippen molar-refractivity contribution in [1.82, 2.24) is 4.90 Å². The Kier molecular flexibility index (Phi) is 13.9. The minimum Gasteiger partial charge on any atom is -0.445 e. The summed E-state index contributed by atoms with van der Waals surface area (Å²) in [4.78, 5) is 40.1. The SMILES string of the molecule is CC(C)[Si](OCCC[C@]1(CC=O)C=CC[C@H](COC(=O)OCc2ccccc2)N1C(=O)OCc1ccccc1)(C(C)C)C(C)C. The summed E-state index contributed by atoms with van der Waals surface area (Å²) in [6, 6.07) is 18.2. The molecule has 0 N–H and O–H groups in total. The summed E-state index contributed by atoms with van der Waals surface area (Å²) in [7, 11) is -2.08. The number of ether oxygens (including phenoxy) is 3. The zero-order valence-corrected chi connectivity index (χ0v) is 28.8. The molecule has 0 fully saturated rings. The molecule has 1 amide bonds. The molecule has 246 valence electrons. The van der Waals surface area contributed by atoms with Crippen molar-refractivity contribution in [2.45, 2.75) is 109 Å². The van der Waals surface area contributed by atoms with Crippen LogP contribution in [-0.4, -0.2) is 56.5 Å². The number of amides is 1. The van der Waals surface area contributed by atoms with E-state index in [2.05, 4.69) is 41.5 Å². The second-order valence-corrected chi connectivity index (χ2v) is 18.2. The molecule has 3 rings (SSSR count). The third-order valence-electron chi connectivity index (χ3n) is 8.93. The molecule has 0 aliphatic carbocycles. The van der Waals surface area contributed by atoms with E-state index in [4.69, 9.17) is 18.6 Å². The van der Waals surface area contributed by atoms with E-state index in [1.807, 2.05) is 72.8 Å². The highest BCUT2D eigenvalue weighted by atomic mass is 28.4. The highest BCUT2D eigenvalue weighted by Crippen LogP contribution is 2.43. The van der Waals surface area contributed by atoms with Gasteiger partial charge in [-0.1, -0.05) is 114 Å². The maximum Gasteiger partial charge on any atom is 0.508 e. The number of benzene rings is 2. The molecule has 0 spiro atoms. The maximum atomic E-state index is 13.8. The summed E-state index contributed by atoms with van der Waals surface area (Å²) in [6.07, 6.45) is 5.02. The Hall–Kier alpha value is -3.43. The van der Waals surface area contributed by atoms with Gasteiger partial charge in [0.25, 0.3) is 0 Å². The van der Waals surface area contributed by atoms with Gasteiger partial charge in [0.15, 0.2) is 8.32 Å². The van der Waals surface area contributed by atoms with Gasteiger partial charge >= 0.3 is 12.2 Å². The summed E-state index contributed by atoms with van der Waals surface area (Å²) >= 11 is 0. The van der Waals surface area contributed by atoms with Crippen molar-refractivity contribution < 1.29 is 33.0 Å². The molecule has 8 nitrogen and oxygen atoms in total. The van der Waals surface area contributed by atoms with Crippen LogP contribution in [0.1, 0.15) is 78.4 Å². The van der Waals surface area contributed by atoms with Crippen LogP contribution in [0.3, 0.4) is 0 Å². The Balaban J connectivity index is 1.78. The average Bonchev–Trinajstić information content (AvgIpc) is 3.02. The molecule has 2 atom stereocenters. The molecule has 45 heavy (non-hydrogen) atoms. The first-order valence-corrected chi connectivity index (χ1v) is 18.3. The lowest BCUT2D eigenvalue weighted by molar-refractivity contribution is -0.110. The molecule has 9 heteroatoms. The molecule has 0 unspecified atom stereocenters. The number of hydrogen-bond acceptors (Lipinski definition) is 7. The average molecular weight is 638 g/mol. The van der Waals surface area contributed by atoms with Gasteiger partial charge in [-0.2, -0.15) is 0 Å². The van der Waals surface area contributed by atoms with Crippen LogP contribution < -0.4 is 0 Å². The first kappa shape index (κ1) is 36.0. The van der Waals surface area contributed by atoms with Crippen molar-refractivity contribution >= 4 is 26.9 Å². The summed E-state index contributed by atoms with van der Waals surface area (Å²) in [5.41, 5.74) is 2.09. The molecule has 1 heterocycles. The maximum absolute atomic E-state index is 13.8. The molecule has 1 aliphatic heterocycles. The number of rotatable bonds is 16. The number of aldehydes is 1. The fraction of sp³-hybridized carbons (Fsp3) is 0.528. The summed E-state index contributed by atoms with van der Waals surface area (Å²) in [6.45, 7) is 14.1. The minimum absolute atomic E-state index is 0.0795. The predicted molar refractivity (Wildman–Crippen MR) is 178 cm³/mol. The number of carbonyl (C=O) groups is 3. The molecule has 0 saturated heterocycles. The zero-order valence-electron chi connectivity index (χ0n) is 27.8. The van der Waals surface area contributed by atoms with Crippen LogP contribution in [0.15, 0.2) is 72.8 Å². The molecule has 0 radical (unpaired) electrons. The van der Waals surface area contributed by atoms with Gasteiger partial charge in [0, 0.05) is 13.0 Å². The molecular formula is C36H51NO7Si. The summed E-state index contributed by atoms with van der Waals surface area (Å²) < 4.78 is 23.4. The van der Waals surface area contributed by atoms with Crippen molar-refractivity contribution in [2.24, 2.45) is 0 Å². The number of hydrogen-bond donors (Lipinski definition) is 0. The lowest BCUT2D eigenvalue weighted by Gasteiger charge is -2.47. The second-order valence-electron chi connectivity index (χ2n) is 12.8. The van der Waals surface area contributed by atoms with E-state index in [0.29, 0.717) is 42.5 Å². The van der Waals surface area contributed by atoms with Crippen molar-refractivity contribution in [1.29, 1.82) is 0 Å². The minimum atomic E-state index is -2.08. The summed E-state index contributed by atoms with van der Waals surface area (Å²) in [5.74, 6) is 0. The van der Waals surface area contributed by atoms with E-state index < -0.39 is 32.1 Å². The van der Waals surface area contributed by atoms with Crippen molar-refractivity contribution in [3.8, 4) is 0 Å². The molecule has 1 aliphatic rings. The molecule has 2 aromatic rings. The normalized spacial score (nSPS) is 18.3. The lowest BCUT2D eigenvalue weighted by atomic mass is 9.83. The molecule has 0 saturated carbocycles. The molecule has 0 bridgehead atoms. The van der Waals surface area contributed by atoms with E-state index in [9.17, 15) is 14.4 Å². The topological polar surface area (TPSA) is 91.4 Å². The number of carbonyl (C=O) groups excluding carboxylic acids is 3. The lowest BCUT2D eigenvalue weighted by Crippen LogP contribution is -2.59. The van der Waals surface area contributed by atoms with Crippen LogP contribution >= 0.6 is 0 Å². The first-order valence-electron chi connectivity index (χ1n) is 16.1. The Morgan fingerprint density at radius 3 is 1.96 bits per heavy atom. The van der Waals surface area contributed by atoms with Gasteiger partial charge in [-0.15, -0.1) is 0 Å². The van der Waals surface area contributed by atoms with E-state index in [0.717, 1.165) is 17.4 Å². The van der Waals surface area contributed by atoms with Crippen molar-refractivity contribution in [2.75, 3.05) is 13.2 Å². The quantitative estimate of drug-likeness (QED) is 0.0598. The highest BCUT2D eigenvalue weighted by Gasteiger charge is 2.47. The van der Waals surface area contributed by atoms with Crippen LogP contribution in [0.5, 0.6) is 0 Å². The van der Waals surface area contributed by atoms with Crippen molar-refractivity contribution in [3.05, 3.63) is 83.9 Å². The molecule has 2 aromatic carbocycles. The smallest absolute Gasteiger partial charge is 0.445 e. The van der Waals surface area contributed by atoms with E-state index in [1.165, 1.54) is 0 Å². The van der Waals surface area contributed by atoms with E-state index in [1.54, 1.807) is 4.90 Å². The van der Waals surface area contributed by atoms with Gasteiger partial charge < -0.3 is 23.4 Å². The fourth-order valence-corrected chi connectivity index (χ4v) is 12.4. The summed E-state index contributed by atoms with van der Waals surface area (Å²) in [5, 5.41) is 0. The van der Waals surface area contributed by atoms with Crippen LogP contribution in [0.2, 0.25) is 16.6 Å². The van der Waals surface area contributed by atoms with Crippen LogP contribution in [0, 0.1) is 0 Å². The van der Waals surface area contributed by atoms with Gasteiger partial charge in [0.2, 0.25) is 0 Å². The Labute approximate surface area is 270 Å². The Bertz CT molecular complexity index is 1210. The second kappa shape index (κ2) is 17.3. The standard InChI is InChI=1S/C36H51NO7Si/c1-28(2)45(29(3)4,30(5)6)44-24-14-21-36(22-23-38)20-13-19-33(27-43-35(40)42-26-32-17-11-8-12-18-32)37(36)34(39)41-25-31-15-9-7-10-16-31/h7-13,15-18,20,23,28-30,33H,14,19,21-22,24-27H2,1-6H3/t33-,36+/m1/s1. The van der Waals surface area contributed by atoms with Crippen LogP contribution in [-0.2, 0) is 36.6 Å². The largest absolute Gasteiger partial charge is 0.508 e. The predicted octanol–water partition coefficient (Wildman–Crippen LogP) is 8.61. The Morgan fingerprint density at radius 2 is 1.42 bits per heavy atom. The van der Waals surface area contributed by atoms with Crippen molar-refractivity contribution in [3.63, 3.8) is 0 Å². The first-order chi connectivity index (χ1) is 21.6.